The second-order valence-corrected chi connectivity index (χ2v) is 5.19. The van der Waals surface area contributed by atoms with Gasteiger partial charge >= 0.3 is 0 Å². The number of hydrogen-bond acceptors (Lipinski definition) is 2. The second-order valence-electron chi connectivity index (χ2n) is 5.19. The van der Waals surface area contributed by atoms with Crippen LogP contribution in [0.25, 0.3) is 0 Å². The molecule has 0 unspecified atom stereocenters. The Labute approximate surface area is 119 Å². The molecule has 0 saturated heterocycles. The van der Waals surface area contributed by atoms with E-state index in [2.05, 4.69) is 16.7 Å². The van der Waals surface area contributed by atoms with Crippen LogP contribution in [0.5, 0.6) is 0 Å². The van der Waals surface area contributed by atoms with Gasteiger partial charge in [-0.05, 0) is 54.8 Å². The minimum atomic E-state index is -0.0191. The third-order valence-corrected chi connectivity index (χ3v) is 3.66. The van der Waals surface area contributed by atoms with Crippen molar-refractivity contribution in [3.8, 4) is 0 Å². The van der Waals surface area contributed by atoms with Gasteiger partial charge in [-0.25, -0.2) is 0 Å². The zero-order chi connectivity index (χ0) is 13.9. The van der Waals surface area contributed by atoms with E-state index in [-0.39, 0.29) is 5.91 Å². The quantitative estimate of drug-likeness (QED) is 0.877. The lowest BCUT2D eigenvalue weighted by Gasteiger charge is -2.20. The molecule has 2 aromatic rings. The van der Waals surface area contributed by atoms with E-state index in [0.29, 0.717) is 0 Å². The highest BCUT2D eigenvalue weighted by Gasteiger charge is 2.17. The van der Waals surface area contributed by atoms with Crippen LogP contribution in [-0.4, -0.2) is 12.5 Å². The van der Waals surface area contributed by atoms with Crippen LogP contribution in [0.3, 0.4) is 0 Å². The van der Waals surface area contributed by atoms with E-state index in [1.165, 1.54) is 11.1 Å². The Bertz CT molecular complexity index is 649. The zero-order valence-electron chi connectivity index (χ0n) is 11.6. The van der Waals surface area contributed by atoms with Gasteiger partial charge in [0.25, 0.3) is 5.91 Å². The lowest BCUT2D eigenvalue weighted by molar-refractivity contribution is 0.102. The minimum absolute atomic E-state index is 0.0191. The Morgan fingerprint density at radius 2 is 2.05 bits per heavy atom. The molecule has 1 heterocycles. The number of aryl methyl sites for hydroxylation is 1. The highest BCUT2D eigenvalue weighted by Crippen LogP contribution is 2.20. The molecule has 102 valence electrons. The molecule has 3 rings (SSSR count). The number of anilines is 1. The Kier molecular flexibility index (Phi) is 3.52. The summed E-state index contributed by atoms with van der Waals surface area (Å²) in [4.78, 5) is 12.5. The molecular weight excluding hydrogens is 248 g/mol. The van der Waals surface area contributed by atoms with Crippen molar-refractivity contribution in [2.75, 3.05) is 11.9 Å². The highest BCUT2D eigenvalue weighted by atomic mass is 16.1. The molecule has 1 amide bonds. The van der Waals surface area contributed by atoms with Crippen LogP contribution >= 0.6 is 0 Å². The summed E-state index contributed by atoms with van der Waals surface area (Å²) in [5.41, 5.74) is 5.19. The van der Waals surface area contributed by atoms with Crippen LogP contribution in [0.4, 0.5) is 5.69 Å². The molecule has 0 saturated carbocycles. The molecule has 0 aliphatic carbocycles. The van der Waals surface area contributed by atoms with Crippen LogP contribution in [0.2, 0.25) is 0 Å². The van der Waals surface area contributed by atoms with Crippen molar-refractivity contribution in [2.24, 2.45) is 0 Å². The summed E-state index contributed by atoms with van der Waals surface area (Å²) in [5.74, 6) is -0.0191. The van der Waals surface area contributed by atoms with E-state index in [0.717, 1.165) is 36.3 Å². The number of carbonyl (C=O) groups is 1. The van der Waals surface area contributed by atoms with Crippen molar-refractivity contribution in [3.63, 3.8) is 0 Å². The molecule has 1 aliphatic rings. The van der Waals surface area contributed by atoms with Gasteiger partial charge in [0.2, 0.25) is 0 Å². The predicted octanol–water partition coefficient (Wildman–Crippen LogP) is 2.89. The molecule has 1 aliphatic heterocycles. The maximum atomic E-state index is 12.5. The summed E-state index contributed by atoms with van der Waals surface area (Å²) in [6.45, 7) is 3.80. The van der Waals surface area contributed by atoms with Gasteiger partial charge in [-0.3, -0.25) is 4.79 Å². The number of benzene rings is 2. The minimum Gasteiger partial charge on any atom is -0.322 e. The monoisotopic (exact) mass is 266 g/mol. The van der Waals surface area contributed by atoms with Crippen LogP contribution in [0, 0.1) is 6.92 Å². The fourth-order valence-corrected chi connectivity index (χ4v) is 2.67. The molecule has 0 spiro atoms. The third-order valence-electron chi connectivity index (χ3n) is 3.66. The summed E-state index contributed by atoms with van der Waals surface area (Å²) in [5, 5.41) is 6.32. The van der Waals surface area contributed by atoms with Crippen molar-refractivity contribution in [1.29, 1.82) is 0 Å². The van der Waals surface area contributed by atoms with Crippen molar-refractivity contribution < 1.29 is 4.79 Å². The first-order valence-corrected chi connectivity index (χ1v) is 6.93. The summed E-state index contributed by atoms with van der Waals surface area (Å²) in [6, 6.07) is 13.8. The van der Waals surface area contributed by atoms with Crippen molar-refractivity contribution in [1.82, 2.24) is 5.32 Å². The summed E-state index contributed by atoms with van der Waals surface area (Å²) >= 11 is 0. The molecular formula is C17H18N2O. The largest absolute Gasteiger partial charge is 0.322 e. The Morgan fingerprint density at radius 1 is 1.20 bits per heavy atom. The fraction of sp³-hybridized carbons (Fsp3) is 0.235. The Hall–Kier alpha value is -2.13. The summed E-state index contributed by atoms with van der Waals surface area (Å²) in [7, 11) is 0. The zero-order valence-corrected chi connectivity index (χ0v) is 11.6. The lowest BCUT2D eigenvalue weighted by atomic mass is 9.95. The fourth-order valence-electron chi connectivity index (χ4n) is 2.67. The molecule has 3 heteroatoms. The SMILES string of the molecule is Cc1cccc(NC(=O)c2cccc3c2CCNC3)c1. The predicted molar refractivity (Wildman–Crippen MR) is 81.0 cm³/mol. The van der Waals surface area contributed by atoms with Gasteiger partial charge in [0, 0.05) is 17.8 Å². The molecule has 0 aromatic heterocycles. The van der Waals surface area contributed by atoms with Crippen molar-refractivity contribution in [2.45, 2.75) is 19.9 Å². The second kappa shape index (κ2) is 5.47. The van der Waals surface area contributed by atoms with E-state index in [1.807, 2.05) is 43.3 Å². The lowest BCUT2D eigenvalue weighted by Crippen LogP contribution is -2.26. The van der Waals surface area contributed by atoms with Crippen molar-refractivity contribution >= 4 is 11.6 Å². The van der Waals surface area contributed by atoms with E-state index in [4.69, 9.17) is 0 Å². The summed E-state index contributed by atoms with van der Waals surface area (Å²) < 4.78 is 0. The van der Waals surface area contributed by atoms with Gasteiger partial charge in [0.15, 0.2) is 0 Å². The topological polar surface area (TPSA) is 41.1 Å². The molecule has 2 aromatic carbocycles. The normalized spacial score (nSPS) is 13.7. The number of amides is 1. The smallest absolute Gasteiger partial charge is 0.255 e. The van der Waals surface area contributed by atoms with Gasteiger partial charge in [-0.1, -0.05) is 24.3 Å². The van der Waals surface area contributed by atoms with Crippen LogP contribution in [0.15, 0.2) is 42.5 Å². The molecule has 20 heavy (non-hydrogen) atoms. The van der Waals surface area contributed by atoms with Gasteiger partial charge in [-0.15, -0.1) is 0 Å². The molecule has 0 fully saturated rings. The first-order valence-electron chi connectivity index (χ1n) is 6.93. The van der Waals surface area contributed by atoms with Crippen LogP contribution < -0.4 is 10.6 Å². The van der Waals surface area contributed by atoms with Gasteiger partial charge < -0.3 is 10.6 Å². The molecule has 0 bridgehead atoms. The number of rotatable bonds is 2. The molecule has 0 radical (unpaired) electrons. The summed E-state index contributed by atoms with van der Waals surface area (Å²) in [6.07, 6.45) is 0.909. The number of fused-ring (bicyclic) bond motifs is 1. The van der Waals surface area contributed by atoms with E-state index >= 15 is 0 Å². The average Bonchev–Trinajstić information content (AvgIpc) is 2.46. The average molecular weight is 266 g/mol. The number of nitrogens with one attached hydrogen (secondary N) is 2. The first-order chi connectivity index (χ1) is 9.74. The standard InChI is InChI=1S/C17H18N2O/c1-12-4-2-6-14(10-12)19-17(20)16-7-3-5-13-11-18-9-8-15(13)16/h2-7,10,18H,8-9,11H2,1H3,(H,19,20). The van der Waals surface area contributed by atoms with Crippen LogP contribution in [-0.2, 0) is 13.0 Å². The maximum Gasteiger partial charge on any atom is 0.255 e. The van der Waals surface area contributed by atoms with E-state index < -0.39 is 0 Å². The van der Waals surface area contributed by atoms with Gasteiger partial charge in [0.05, 0.1) is 0 Å². The molecule has 2 N–H and O–H groups in total. The molecule has 0 atom stereocenters. The Balaban J connectivity index is 1.88. The molecule has 3 nitrogen and oxygen atoms in total. The first kappa shape index (κ1) is 12.9. The van der Waals surface area contributed by atoms with Crippen molar-refractivity contribution in [3.05, 3.63) is 64.7 Å². The third kappa shape index (κ3) is 2.58. The van der Waals surface area contributed by atoms with Gasteiger partial charge in [-0.2, -0.15) is 0 Å². The maximum absolute atomic E-state index is 12.5. The number of hydrogen-bond donors (Lipinski definition) is 2. The van der Waals surface area contributed by atoms with Gasteiger partial charge in [0.1, 0.15) is 0 Å². The van der Waals surface area contributed by atoms with E-state index in [1.54, 1.807) is 0 Å². The van der Waals surface area contributed by atoms with E-state index in [9.17, 15) is 4.79 Å². The van der Waals surface area contributed by atoms with Crippen LogP contribution in [0.1, 0.15) is 27.0 Å². The highest BCUT2D eigenvalue weighted by molar-refractivity contribution is 6.05. The Morgan fingerprint density at radius 3 is 2.90 bits per heavy atom. The number of carbonyl (C=O) groups excluding carboxylic acids is 1.